The molecule has 8 heteroatoms. The Morgan fingerprint density at radius 2 is 1.86 bits per heavy atom. The average Bonchev–Trinajstić information content (AvgIpc) is 3.45. The molecule has 144 valence electrons. The largest absolute Gasteiger partial charge is 0.321 e. The molecule has 4 rings (SSSR count). The first-order valence-corrected chi connectivity index (χ1v) is 9.35. The van der Waals surface area contributed by atoms with E-state index in [9.17, 15) is 9.59 Å². The summed E-state index contributed by atoms with van der Waals surface area (Å²) >= 11 is 0. The first-order valence-electron chi connectivity index (χ1n) is 9.35. The zero-order valence-electron chi connectivity index (χ0n) is 15.6. The van der Waals surface area contributed by atoms with Crippen molar-refractivity contribution in [1.82, 2.24) is 19.3 Å². The molecular weight excluding hydrogens is 356 g/mol. The molecule has 2 aromatic heterocycles. The van der Waals surface area contributed by atoms with Gasteiger partial charge in [-0.25, -0.2) is 4.98 Å². The van der Waals surface area contributed by atoms with Crippen LogP contribution in [0.1, 0.15) is 36.2 Å². The number of carbonyl (C=O) groups excluding carboxylic acids is 2. The van der Waals surface area contributed by atoms with Crippen LogP contribution in [0.2, 0.25) is 0 Å². The Balaban J connectivity index is 1.41. The fourth-order valence-electron chi connectivity index (χ4n) is 3.44. The maximum atomic E-state index is 12.5. The average molecular weight is 378 g/mol. The van der Waals surface area contributed by atoms with Crippen molar-refractivity contribution < 1.29 is 9.59 Å². The molecule has 1 aromatic carbocycles. The maximum absolute atomic E-state index is 12.5. The highest BCUT2D eigenvalue weighted by molar-refractivity contribution is 6.04. The number of hydrogen-bond donors (Lipinski definition) is 2. The van der Waals surface area contributed by atoms with Gasteiger partial charge in [0.05, 0.1) is 6.33 Å². The number of aromatic nitrogens is 4. The maximum Gasteiger partial charge on any atom is 0.276 e. The zero-order valence-corrected chi connectivity index (χ0v) is 15.6. The molecular formula is C20H22N6O2. The molecule has 3 aromatic rings. The molecule has 0 saturated heterocycles. The SMILES string of the molecule is Cn1nc(C(=O)Nc2ccc(-n3ccnc3)cc2)cc1NC(=O)C1CCCC1. The summed E-state index contributed by atoms with van der Waals surface area (Å²) in [6, 6.07) is 9.02. The number of rotatable bonds is 5. The Kier molecular flexibility index (Phi) is 4.92. The van der Waals surface area contributed by atoms with Crippen molar-refractivity contribution in [3.8, 4) is 5.69 Å². The molecule has 0 unspecified atom stereocenters. The van der Waals surface area contributed by atoms with Crippen LogP contribution in [0.3, 0.4) is 0 Å². The van der Waals surface area contributed by atoms with Crippen LogP contribution in [-0.4, -0.2) is 31.1 Å². The van der Waals surface area contributed by atoms with Gasteiger partial charge in [-0.1, -0.05) is 12.8 Å². The van der Waals surface area contributed by atoms with Crippen LogP contribution in [0, 0.1) is 5.92 Å². The zero-order chi connectivity index (χ0) is 19.5. The van der Waals surface area contributed by atoms with Crippen molar-refractivity contribution in [3.05, 3.63) is 54.7 Å². The predicted molar refractivity (Wildman–Crippen MR) is 105 cm³/mol. The number of hydrogen-bond acceptors (Lipinski definition) is 4. The fraction of sp³-hybridized carbons (Fsp3) is 0.300. The number of amides is 2. The quantitative estimate of drug-likeness (QED) is 0.714. The van der Waals surface area contributed by atoms with Gasteiger partial charge in [0, 0.05) is 42.8 Å². The fourth-order valence-corrected chi connectivity index (χ4v) is 3.44. The first kappa shape index (κ1) is 18.0. The summed E-state index contributed by atoms with van der Waals surface area (Å²) < 4.78 is 3.40. The van der Waals surface area contributed by atoms with Crippen molar-refractivity contribution in [2.45, 2.75) is 25.7 Å². The van der Waals surface area contributed by atoms with E-state index in [1.807, 2.05) is 35.0 Å². The molecule has 0 atom stereocenters. The lowest BCUT2D eigenvalue weighted by atomic mass is 10.1. The van der Waals surface area contributed by atoms with Crippen LogP contribution in [-0.2, 0) is 11.8 Å². The lowest BCUT2D eigenvalue weighted by Gasteiger charge is -2.09. The van der Waals surface area contributed by atoms with Crippen LogP contribution in [0.15, 0.2) is 49.1 Å². The monoisotopic (exact) mass is 378 g/mol. The van der Waals surface area contributed by atoms with Crippen LogP contribution < -0.4 is 10.6 Å². The normalized spacial score (nSPS) is 14.2. The molecule has 0 bridgehead atoms. The van der Waals surface area contributed by atoms with E-state index in [1.165, 1.54) is 4.68 Å². The molecule has 1 aliphatic rings. The molecule has 8 nitrogen and oxygen atoms in total. The Bertz CT molecular complexity index is 969. The lowest BCUT2D eigenvalue weighted by Crippen LogP contribution is -2.21. The van der Waals surface area contributed by atoms with Crippen LogP contribution in [0.4, 0.5) is 11.5 Å². The Morgan fingerprint density at radius 1 is 1.11 bits per heavy atom. The van der Waals surface area contributed by atoms with Crippen LogP contribution in [0.25, 0.3) is 5.69 Å². The van der Waals surface area contributed by atoms with E-state index in [4.69, 9.17) is 0 Å². The Morgan fingerprint density at radius 3 is 2.54 bits per heavy atom. The molecule has 0 aliphatic heterocycles. The molecule has 2 N–H and O–H groups in total. The number of anilines is 2. The molecule has 0 radical (unpaired) electrons. The number of benzene rings is 1. The first-order chi connectivity index (χ1) is 13.6. The van der Waals surface area contributed by atoms with Gasteiger partial charge >= 0.3 is 0 Å². The topological polar surface area (TPSA) is 93.8 Å². The standard InChI is InChI=1S/C20H22N6O2/c1-25-18(23-19(27)14-4-2-3-5-14)12-17(24-25)20(28)22-15-6-8-16(9-7-15)26-11-10-21-13-26/h6-14H,2-5H2,1H3,(H,22,28)(H,23,27). The summed E-state index contributed by atoms with van der Waals surface area (Å²) in [4.78, 5) is 28.8. The van der Waals surface area contributed by atoms with E-state index < -0.39 is 0 Å². The van der Waals surface area contributed by atoms with Crippen molar-refractivity contribution >= 4 is 23.3 Å². The van der Waals surface area contributed by atoms with E-state index in [1.54, 1.807) is 25.6 Å². The number of imidazole rings is 1. The van der Waals surface area contributed by atoms with Crippen molar-refractivity contribution in [1.29, 1.82) is 0 Å². The minimum Gasteiger partial charge on any atom is -0.321 e. The number of nitrogens with one attached hydrogen (secondary N) is 2. The molecule has 1 aliphatic carbocycles. The summed E-state index contributed by atoms with van der Waals surface area (Å²) in [7, 11) is 1.71. The van der Waals surface area contributed by atoms with Gasteiger partial charge < -0.3 is 15.2 Å². The molecule has 2 heterocycles. The number of carbonyl (C=O) groups is 2. The van der Waals surface area contributed by atoms with Crippen LogP contribution in [0.5, 0.6) is 0 Å². The summed E-state index contributed by atoms with van der Waals surface area (Å²) in [5.74, 6) is 0.258. The van der Waals surface area contributed by atoms with E-state index in [2.05, 4.69) is 20.7 Å². The van der Waals surface area contributed by atoms with Gasteiger partial charge in [-0.3, -0.25) is 14.3 Å². The summed E-state index contributed by atoms with van der Waals surface area (Å²) in [6.45, 7) is 0. The van der Waals surface area contributed by atoms with Gasteiger partial charge in [-0.05, 0) is 37.1 Å². The molecule has 1 fully saturated rings. The minimum atomic E-state index is -0.327. The predicted octanol–water partition coefficient (Wildman–Crippen LogP) is 2.99. The van der Waals surface area contributed by atoms with Gasteiger partial charge in [-0.2, -0.15) is 5.10 Å². The third-order valence-corrected chi connectivity index (χ3v) is 5.02. The molecule has 0 spiro atoms. The van der Waals surface area contributed by atoms with E-state index in [-0.39, 0.29) is 23.4 Å². The Hall–Kier alpha value is -3.42. The van der Waals surface area contributed by atoms with Crippen molar-refractivity contribution in [2.75, 3.05) is 10.6 Å². The van der Waals surface area contributed by atoms with Gasteiger partial charge in [0.15, 0.2) is 5.69 Å². The smallest absolute Gasteiger partial charge is 0.276 e. The van der Waals surface area contributed by atoms with Crippen molar-refractivity contribution in [3.63, 3.8) is 0 Å². The molecule has 2 amide bonds. The number of nitrogens with zero attached hydrogens (tertiary/aromatic N) is 4. The van der Waals surface area contributed by atoms with E-state index in [0.29, 0.717) is 11.5 Å². The summed E-state index contributed by atoms with van der Waals surface area (Å²) in [5.41, 5.74) is 1.87. The lowest BCUT2D eigenvalue weighted by molar-refractivity contribution is -0.119. The highest BCUT2D eigenvalue weighted by atomic mass is 16.2. The third kappa shape index (κ3) is 3.80. The second kappa shape index (κ2) is 7.67. The molecule has 28 heavy (non-hydrogen) atoms. The Labute approximate surface area is 162 Å². The minimum absolute atomic E-state index is 0.00236. The summed E-state index contributed by atoms with van der Waals surface area (Å²) in [6.07, 6.45) is 9.30. The van der Waals surface area contributed by atoms with Gasteiger partial charge in [0.2, 0.25) is 5.91 Å². The second-order valence-electron chi connectivity index (χ2n) is 6.98. The van der Waals surface area contributed by atoms with Gasteiger partial charge in [0.1, 0.15) is 5.82 Å². The van der Waals surface area contributed by atoms with E-state index in [0.717, 1.165) is 31.4 Å². The molecule has 1 saturated carbocycles. The van der Waals surface area contributed by atoms with Crippen molar-refractivity contribution in [2.24, 2.45) is 13.0 Å². The van der Waals surface area contributed by atoms with Gasteiger partial charge in [-0.15, -0.1) is 0 Å². The van der Waals surface area contributed by atoms with Gasteiger partial charge in [0.25, 0.3) is 5.91 Å². The third-order valence-electron chi connectivity index (χ3n) is 5.02. The van der Waals surface area contributed by atoms with Crippen LogP contribution >= 0.6 is 0 Å². The second-order valence-corrected chi connectivity index (χ2v) is 6.98. The highest BCUT2D eigenvalue weighted by Crippen LogP contribution is 2.26. The highest BCUT2D eigenvalue weighted by Gasteiger charge is 2.24. The number of aryl methyl sites for hydroxylation is 1. The summed E-state index contributed by atoms with van der Waals surface area (Å²) in [5, 5.41) is 9.94. The van der Waals surface area contributed by atoms with E-state index >= 15 is 0 Å².